The molecule has 0 bridgehead atoms. The van der Waals surface area contributed by atoms with Gasteiger partial charge in [0.1, 0.15) is 84.6 Å². The van der Waals surface area contributed by atoms with E-state index in [4.69, 9.17) is 50.3 Å². The van der Waals surface area contributed by atoms with Crippen molar-refractivity contribution in [3.05, 3.63) is 35.9 Å². The lowest BCUT2D eigenvalue weighted by molar-refractivity contribution is -0.147. The molecule has 0 heterocycles. The number of aliphatic hydroxyl groups excluding tert-OH is 1. The monoisotopic (exact) mass is 1820 g/mol. The molecule has 1 rings (SSSR count). The molecule has 128 heavy (non-hydrogen) atoms. The van der Waals surface area contributed by atoms with Gasteiger partial charge >= 0.3 is 29.8 Å². The second-order valence-corrected chi connectivity index (χ2v) is 31.3. The third-order valence-corrected chi connectivity index (χ3v) is 19.1. The fourth-order valence-electron chi connectivity index (χ4n) is 12.0. The molecule has 0 aliphatic rings. The average Bonchev–Trinajstić information content (AvgIpc) is 0.842. The molecule has 1 aromatic rings. The maximum atomic E-state index is 14.8. The van der Waals surface area contributed by atoms with Gasteiger partial charge in [-0.3, -0.25) is 107 Å². The first-order chi connectivity index (χ1) is 59.8. The van der Waals surface area contributed by atoms with Gasteiger partial charge in [0.25, 0.3) is 0 Å². The summed E-state index contributed by atoms with van der Waals surface area (Å²) in [6, 6.07) is -18.1. The van der Waals surface area contributed by atoms with Crippen molar-refractivity contribution in [2.24, 2.45) is 52.2 Å². The Hall–Kier alpha value is -13.5. The summed E-state index contributed by atoms with van der Waals surface area (Å²) in [5, 5.41) is 111. The molecule has 0 aliphatic carbocycles. The molecular formula is C77H126N24O27. The first-order valence-corrected chi connectivity index (χ1v) is 41.0. The summed E-state index contributed by atoms with van der Waals surface area (Å²) in [6.45, 7) is 11.5. The standard InChI is InChI=1S/C77H126N24O27/c1-35(2)30-47(95-70(122)48(31-40-16-10-9-11-17-40)96-64(116)43(20-15-29-87-77(84)85)93-72(124)58(81)36(3)4)69(121)91-42(19-14-28-86-76(82)83)63(115)90-41(18-12-13-27-78)62(114)92-46(23-26-55(107)108)66(118)97-49(32-53(80)104)71(123)100-59(37(5)6)73(125)101-60(39(8)102)74(126)94-44(21-24-52(79)103)65(117)98-50(33-56(109)110)68(120)88-38(7)61(113)89-45(22-25-54(105)106)67(119)99-51(75(127)128)34-57(111)112/h9-11,16-17,35-39,41-51,58-60,102H,12-15,18-34,78,81H2,1-8H3,(H2,79,103)(H2,80,104)(H,88,120)(H,89,113)(H,90,115)(H,91,121)(H,92,114)(H,93,124)(H,94,126)(H,95,122)(H,96,116)(H,97,118)(H,98,117)(H,99,119)(H,100,123)(H,101,125)(H,105,106)(H,107,108)(H,109,110)(H,111,112)(H,127,128)(H4,82,83,86)(H4,84,85,87)/t38-,39+,41-,42-,43-,44-,45-,46-,47-,48-,49-,50-,51-,58-,59-,60-/m0/s1. The topological polar surface area (TPSA) is 876 Å². The van der Waals surface area contributed by atoms with E-state index < -0.39 is 291 Å². The largest absolute Gasteiger partial charge is 0.481 e. The zero-order valence-corrected chi connectivity index (χ0v) is 72.4. The smallest absolute Gasteiger partial charge is 0.326 e. The Morgan fingerprint density at radius 2 is 0.688 bits per heavy atom. The predicted octanol–water partition coefficient (Wildman–Crippen LogP) is -9.34. The molecule has 0 fully saturated rings. The molecule has 0 aliphatic heterocycles. The predicted molar refractivity (Wildman–Crippen MR) is 451 cm³/mol. The fourth-order valence-corrected chi connectivity index (χ4v) is 12.0. The van der Waals surface area contributed by atoms with Gasteiger partial charge in [-0.05, 0) is 114 Å². The molecule has 0 radical (unpaired) electrons. The average molecular weight is 1820 g/mol. The summed E-state index contributed by atoms with van der Waals surface area (Å²) in [5.74, 6) is -29.9. The lowest BCUT2D eigenvalue weighted by Gasteiger charge is -2.30. The second-order valence-electron chi connectivity index (χ2n) is 31.3. The second kappa shape index (κ2) is 57.9. The van der Waals surface area contributed by atoms with Crippen LogP contribution in [0.3, 0.4) is 0 Å². The number of carbonyl (C=O) groups is 21. The number of rotatable bonds is 63. The highest BCUT2D eigenvalue weighted by Crippen LogP contribution is 2.16. The molecule has 51 heteroatoms. The lowest BCUT2D eigenvalue weighted by Crippen LogP contribution is -2.63. The molecule has 716 valence electrons. The van der Waals surface area contributed by atoms with Crippen LogP contribution in [0.1, 0.15) is 170 Å². The Kier molecular flexibility index (Phi) is 50.9. The number of nitrogens with two attached hydrogens (primary N) is 6. The van der Waals surface area contributed by atoms with E-state index in [1.807, 2.05) is 10.6 Å². The Bertz CT molecular complexity index is 4040. The van der Waals surface area contributed by atoms with E-state index in [9.17, 15) is 126 Å². The Morgan fingerprint density at radius 1 is 0.344 bits per heavy atom. The minimum absolute atomic E-state index is 0.00648. The van der Waals surface area contributed by atoms with Crippen LogP contribution < -0.4 is 119 Å². The van der Waals surface area contributed by atoms with Gasteiger partial charge in [0.2, 0.25) is 94.5 Å². The summed E-state index contributed by atoms with van der Waals surface area (Å²) in [6.07, 6.45) is -10.4. The number of nitrogens with one attached hydrogen (secondary N) is 18. The number of carboxylic acid groups (broad SMARTS) is 5. The minimum atomic E-state index is -2.18. The van der Waals surface area contributed by atoms with Crippen molar-refractivity contribution in [1.82, 2.24) is 85.1 Å². The zero-order chi connectivity index (χ0) is 97.5. The molecule has 36 N–H and O–H groups in total. The molecule has 16 amide bonds. The number of carbonyl (C=O) groups excluding carboxylic acids is 16. The molecule has 1 aromatic carbocycles. The molecule has 0 saturated carbocycles. The quantitative estimate of drug-likeness (QED) is 0.0164. The highest BCUT2D eigenvalue weighted by molar-refractivity contribution is 6.02. The summed E-state index contributed by atoms with van der Waals surface area (Å²) < 4.78 is 0. The number of aliphatic carboxylic acids is 5. The van der Waals surface area contributed by atoms with Crippen LogP contribution >= 0.6 is 0 Å². The first-order valence-electron chi connectivity index (χ1n) is 41.0. The highest BCUT2D eigenvalue weighted by Gasteiger charge is 2.41. The number of hydrogen-bond acceptors (Lipinski definition) is 26. The van der Waals surface area contributed by atoms with Crippen molar-refractivity contribution in [2.75, 3.05) is 19.6 Å². The zero-order valence-electron chi connectivity index (χ0n) is 72.4. The van der Waals surface area contributed by atoms with Crippen molar-refractivity contribution in [1.29, 1.82) is 10.8 Å². The van der Waals surface area contributed by atoms with E-state index in [0.717, 1.165) is 13.8 Å². The molecule has 0 aromatic heterocycles. The van der Waals surface area contributed by atoms with E-state index in [1.165, 1.54) is 13.8 Å². The van der Waals surface area contributed by atoms with Crippen LogP contribution in [-0.2, 0) is 107 Å². The third kappa shape index (κ3) is 44.9. The number of hydrogen-bond donors (Lipinski definition) is 30. The van der Waals surface area contributed by atoms with Gasteiger partial charge in [-0.25, -0.2) is 4.79 Å². The molecule has 16 atom stereocenters. The third-order valence-electron chi connectivity index (χ3n) is 19.1. The van der Waals surface area contributed by atoms with Crippen LogP contribution in [-0.4, -0.2) is 283 Å². The molecule has 0 saturated heterocycles. The van der Waals surface area contributed by atoms with Gasteiger partial charge in [0, 0.05) is 38.8 Å². The van der Waals surface area contributed by atoms with E-state index in [-0.39, 0.29) is 95.2 Å². The highest BCUT2D eigenvalue weighted by atomic mass is 16.4. The number of aliphatic hydroxyl groups is 1. The van der Waals surface area contributed by atoms with Crippen molar-refractivity contribution < 1.29 is 131 Å². The van der Waals surface area contributed by atoms with Crippen molar-refractivity contribution in [2.45, 2.75) is 268 Å². The van der Waals surface area contributed by atoms with E-state index in [1.54, 1.807) is 58.0 Å². The molecule has 51 nitrogen and oxygen atoms in total. The van der Waals surface area contributed by atoms with Crippen LogP contribution in [0.5, 0.6) is 0 Å². The van der Waals surface area contributed by atoms with Gasteiger partial charge in [-0.1, -0.05) is 71.9 Å². The summed E-state index contributed by atoms with van der Waals surface area (Å²) in [7, 11) is 0. The SMILES string of the molecule is CC(C)C[C@H](NC(=O)[C@H](Cc1ccccc1)NC(=O)[C@H](CCCNC(=N)N)NC(=O)[C@@H](N)C(C)C)C(=O)N[C@@H](CCCNC(=N)N)C(=O)N[C@@H](CCCCN)C(=O)N[C@@H](CCC(=O)O)C(=O)N[C@@H](CC(N)=O)C(=O)N[C@H](C(=O)N[C@H](C(=O)N[C@@H](CCC(N)=O)C(=O)N[C@@H](CC(=O)O)C(=O)N[C@@H](C)C(=O)N[C@@H](CCC(=O)O)C(=O)N[C@@H](CC(=O)O)C(=O)O)[C@@H](C)O)C(C)C. The molecular weight excluding hydrogens is 1690 g/mol. The number of unbranched alkanes of at least 4 members (excludes halogenated alkanes) is 1. The van der Waals surface area contributed by atoms with Gasteiger partial charge < -0.3 is 150 Å². The maximum Gasteiger partial charge on any atom is 0.326 e. The van der Waals surface area contributed by atoms with Crippen LogP contribution in [0, 0.1) is 28.6 Å². The number of benzene rings is 1. The first kappa shape index (κ1) is 113. The van der Waals surface area contributed by atoms with Crippen LogP contribution in [0.25, 0.3) is 0 Å². The van der Waals surface area contributed by atoms with Crippen LogP contribution in [0.2, 0.25) is 0 Å². The summed E-state index contributed by atoms with van der Waals surface area (Å²) in [4.78, 5) is 281. The Balaban J connectivity index is 3.79. The number of amides is 16. The van der Waals surface area contributed by atoms with Gasteiger partial charge in [-0.2, -0.15) is 0 Å². The number of carboxylic acids is 5. The number of primary amides is 2. The van der Waals surface area contributed by atoms with E-state index >= 15 is 0 Å². The van der Waals surface area contributed by atoms with Gasteiger partial charge in [-0.15, -0.1) is 0 Å². The minimum Gasteiger partial charge on any atom is -0.481 e. The van der Waals surface area contributed by atoms with Gasteiger partial charge in [0.15, 0.2) is 11.9 Å². The van der Waals surface area contributed by atoms with Crippen LogP contribution in [0.4, 0.5) is 0 Å². The molecule has 0 unspecified atom stereocenters. The Morgan fingerprint density at radius 3 is 1.09 bits per heavy atom. The van der Waals surface area contributed by atoms with Crippen LogP contribution in [0.15, 0.2) is 30.3 Å². The Labute approximate surface area is 736 Å². The van der Waals surface area contributed by atoms with Crippen molar-refractivity contribution in [3.63, 3.8) is 0 Å². The van der Waals surface area contributed by atoms with E-state index in [2.05, 4.69) is 74.4 Å². The van der Waals surface area contributed by atoms with Gasteiger partial charge in [0.05, 0.1) is 31.4 Å². The summed E-state index contributed by atoms with van der Waals surface area (Å²) >= 11 is 0. The molecule has 0 spiro atoms. The maximum absolute atomic E-state index is 14.8. The van der Waals surface area contributed by atoms with E-state index in [0.29, 0.717) is 5.56 Å². The number of guanidine groups is 2. The normalized spacial score (nSPS) is 14.8. The van der Waals surface area contributed by atoms with Crippen molar-refractivity contribution >= 4 is 136 Å². The summed E-state index contributed by atoms with van der Waals surface area (Å²) in [5.41, 5.74) is 34.4. The lowest BCUT2D eigenvalue weighted by atomic mass is 9.99. The fraction of sp³-hybridized carbons (Fsp3) is 0.623. The van der Waals surface area contributed by atoms with Crippen molar-refractivity contribution in [3.8, 4) is 0 Å².